The molecule has 0 aliphatic rings. The highest BCUT2D eigenvalue weighted by molar-refractivity contribution is 5.85. The van der Waals surface area contributed by atoms with E-state index in [9.17, 15) is 14.5 Å². The second-order valence-electron chi connectivity index (χ2n) is 2.24. The van der Waals surface area contributed by atoms with E-state index in [1.807, 2.05) is 0 Å². The number of non-ortho nitro benzene ring substituents is 1. The molecule has 2 N–H and O–H groups in total. The summed E-state index contributed by atoms with van der Waals surface area (Å²) in [6.07, 6.45) is 0. The Morgan fingerprint density at radius 2 is 2.15 bits per heavy atom. The lowest BCUT2D eigenvalue weighted by molar-refractivity contribution is -0.385. The van der Waals surface area contributed by atoms with Gasteiger partial charge in [-0.15, -0.1) is 12.4 Å². The first-order valence-corrected chi connectivity index (χ1v) is 3.28. The maximum atomic E-state index is 12.8. The molecular formula is C7H8ClFN2O2. The van der Waals surface area contributed by atoms with E-state index < -0.39 is 10.7 Å². The van der Waals surface area contributed by atoms with E-state index in [1.54, 1.807) is 0 Å². The average Bonchev–Trinajstić information content (AvgIpc) is 2.04. The Bertz CT molecular complexity index is 319. The molecule has 0 aliphatic carbocycles. The molecule has 1 aromatic rings. The van der Waals surface area contributed by atoms with Gasteiger partial charge in [-0.3, -0.25) is 10.1 Å². The highest BCUT2D eigenvalue weighted by Gasteiger charge is 2.08. The molecule has 1 rings (SSSR count). The zero-order chi connectivity index (χ0) is 9.14. The van der Waals surface area contributed by atoms with Crippen LogP contribution < -0.4 is 5.73 Å². The van der Waals surface area contributed by atoms with Gasteiger partial charge in [-0.2, -0.15) is 0 Å². The summed E-state index contributed by atoms with van der Waals surface area (Å²) in [5.41, 5.74) is 5.19. The number of halogens is 2. The van der Waals surface area contributed by atoms with Crippen LogP contribution in [0.4, 0.5) is 10.1 Å². The Kier molecular flexibility index (Phi) is 4.30. The second-order valence-corrected chi connectivity index (χ2v) is 2.24. The van der Waals surface area contributed by atoms with Gasteiger partial charge in [-0.25, -0.2) is 4.39 Å². The number of nitrogens with two attached hydrogens (primary N) is 1. The first kappa shape index (κ1) is 11.8. The van der Waals surface area contributed by atoms with Gasteiger partial charge in [0.15, 0.2) is 0 Å². The molecule has 0 unspecified atom stereocenters. The van der Waals surface area contributed by atoms with Crippen LogP contribution in [0.3, 0.4) is 0 Å². The minimum absolute atomic E-state index is 0. The molecule has 0 aliphatic heterocycles. The predicted molar refractivity (Wildman–Crippen MR) is 48.2 cm³/mol. The van der Waals surface area contributed by atoms with E-state index in [4.69, 9.17) is 5.73 Å². The fourth-order valence-corrected chi connectivity index (χ4v) is 0.815. The highest BCUT2D eigenvalue weighted by atomic mass is 35.5. The summed E-state index contributed by atoms with van der Waals surface area (Å²) >= 11 is 0. The molecule has 13 heavy (non-hydrogen) atoms. The molecule has 72 valence electrons. The van der Waals surface area contributed by atoms with Crippen molar-refractivity contribution in [2.75, 3.05) is 0 Å². The molecule has 0 bridgehead atoms. The SMILES string of the molecule is Cl.NCc1ccc([N+](=O)[O-])cc1F. The Hall–Kier alpha value is -1.20. The third kappa shape index (κ3) is 2.64. The smallest absolute Gasteiger partial charge is 0.272 e. The van der Waals surface area contributed by atoms with Gasteiger partial charge in [0, 0.05) is 18.2 Å². The molecule has 0 amide bonds. The lowest BCUT2D eigenvalue weighted by atomic mass is 10.2. The van der Waals surface area contributed by atoms with Gasteiger partial charge in [-0.05, 0) is 6.07 Å². The largest absolute Gasteiger partial charge is 0.326 e. The normalized spacial score (nSPS) is 9.08. The summed E-state index contributed by atoms with van der Waals surface area (Å²) in [6, 6.07) is 3.40. The minimum Gasteiger partial charge on any atom is -0.326 e. The van der Waals surface area contributed by atoms with E-state index >= 15 is 0 Å². The van der Waals surface area contributed by atoms with E-state index in [-0.39, 0.29) is 30.2 Å². The van der Waals surface area contributed by atoms with Crippen molar-refractivity contribution in [1.82, 2.24) is 0 Å². The third-order valence-corrected chi connectivity index (χ3v) is 1.47. The molecule has 0 saturated carbocycles. The van der Waals surface area contributed by atoms with Gasteiger partial charge in [-0.1, -0.05) is 0 Å². The van der Waals surface area contributed by atoms with Crippen LogP contribution >= 0.6 is 12.4 Å². The summed E-state index contributed by atoms with van der Waals surface area (Å²) in [7, 11) is 0. The van der Waals surface area contributed by atoms with E-state index in [2.05, 4.69) is 0 Å². The van der Waals surface area contributed by atoms with Crippen LogP contribution in [0.1, 0.15) is 5.56 Å². The second kappa shape index (κ2) is 4.74. The van der Waals surface area contributed by atoms with Gasteiger partial charge in [0.05, 0.1) is 11.0 Å². The number of nitro benzene ring substituents is 1. The quantitative estimate of drug-likeness (QED) is 0.591. The van der Waals surface area contributed by atoms with Crippen LogP contribution in [0.2, 0.25) is 0 Å². The number of nitrogens with zero attached hydrogens (tertiary/aromatic N) is 1. The number of nitro groups is 1. The van der Waals surface area contributed by atoms with Crippen LogP contribution in [-0.2, 0) is 6.54 Å². The molecular weight excluding hydrogens is 199 g/mol. The lowest BCUT2D eigenvalue weighted by Crippen LogP contribution is -2.00. The summed E-state index contributed by atoms with van der Waals surface area (Å²) in [4.78, 5) is 9.51. The van der Waals surface area contributed by atoms with Crippen molar-refractivity contribution in [3.63, 3.8) is 0 Å². The van der Waals surface area contributed by atoms with Gasteiger partial charge in [0.2, 0.25) is 0 Å². The standard InChI is InChI=1S/C7H7FN2O2.ClH/c8-7-3-6(10(11)12)2-1-5(7)4-9;/h1-3H,4,9H2;1H. The molecule has 0 radical (unpaired) electrons. The van der Waals surface area contributed by atoms with Crippen molar-refractivity contribution in [3.8, 4) is 0 Å². The number of benzene rings is 1. The van der Waals surface area contributed by atoms with Gasteiger partial charge < -0.3 is 5.73 Å². The van der Waals surface area contributed by atoms with Crippen LogP contribution in [0, 0.1) is 15.9 Å². The van der Waals surface area contributed by atoms with Crippen molar-refractivity contribution in [1.29, 1.82) is 0 Å². The van der Waals surface area contributed by atoms with Crippen molar-refractivity contribution in [2.45, 2.75) is 6.54 Å². The van der Waals surface area contributed by atoms with Crippen molar-refractivity contribution < 1.29 is 9.31 Å². The maximum Gasteiger partial charge on any atom is 0.272 e. The monoisotopic (exact) mass is 206 g/mol. The fourth-order valence-electron chi connectivity index (χ4n) is 0.815. The van der Waals surface area contributed by atoms with E-state index in [1.165, 1.54) is 12.1 Å². The van der Waals surface area contributed by atoms with E-state index in [0.29, 0.717) is 0 Å². The van der Waals surface area contributed by atoms with E-state index in [0.717, 1.165) is 6.07 Å². The molecule has 6 heteroatoms. The Balaban J connectivity index is 0.00000144. The summed E-state index contributed by atoms with van der Waals surface area (Å²) in [6.45, 7) is 0.0455. The van der Waals surface area contributed by atoms with Crippen LogP contribution in [0.25, 0.3) is 0 Å². The van der Waals surface area contributed by atoms with Crippen molar-refractivity contribution in [2.24, 2.45) is 5.73 Å². The molecule has 0 fully saturated rings. The highest BCUT2D eigenvalue weighted by Crippen LogP contribution is 2.15. The number of hydrogen-bond donors (Lipinski definition) is 1. The van der Waals surface area contributed by atoms with Crippen molar-refractivity contribution in [3.05, 3.63) is 39.7 Å². The van der Waals surface area contributed by atoms with Crippen LogP contribution in [0.5, 0.6) is 0 Å². The molecule has 1 aromatic carbocycles. The molecule has 0 heterocycles. The summed E-state index contributed by atoms with van der Waals surface area (Å²) in [5.74, 6) is -0.633. The maximum absolute atomic E-state index is 12.8. The zero-order valence-electron chi connectivity index (χ0n) is 6.57. The van der Waals surface area contributed by atoms with Gasteiger partial charge in [0.1, 0.15) is 5.82 Å². The number of hydrogen-bond acceptors (Lipinski definition) is 3. The minimum atomic E-state index is -0.649. The first-order chi connectivity index (χ1) is 5.65. The Labute approximate surface area is 80.1 Å². The lowest BCUT2D eigenvalue weighted by Gasteiger charge is -1.97. The van der Waals surface area contributed by atoms with Crippen LogP contribution in [0.15, 0.2) is 18.2 Å². The van der Waals surface area contributed by atoms with Gasteiger partial charge >= 0.3 is 0 Å². The van der Waals surface area contributed by atoms with Gasteiger partial charge in [0.25, 0.3) is 5.69 Å². The third-order valence-electron chi connectivity index (χ3n) is 1.47. The average molecular weight is 207 g/mol. The molecule has 0 saturated heterocycles. The summed E-state index contributed by atoms with van der Waals surface area (Å²) in [5, 5.41) is 10.2. The first-order valence-electron chi connectivity index (χ1n) is 3.28. The molecule has 0 spiro atoms. The zero-order valence-corrected chi connectivity index (χ0v) is 7.38. The Morgan fingerprint density at radius 3 is 2.54 bits per heavy atom. The topological polar surface area (TPSA) is 69.2 Å². The Morgan fingerprint density at radius 1 is 1.54 bits per heavy atom. The number of rotatable bonds is 2. The molecule has 0 atom stereocenters. The molecule has 0 aromatic heterocycles. The predicted octanol–water partition coefficient (Wildman–Crippen LogP) is 1.61. The molecule has 4 nitrogen and oxygen atoms in total. The fraction of sp³-hybridized carbons (Fsp3) is 0.143. The van der Waals surface area contributed by atoms with Crippen LogP contribution in [-0.4, -0.2) is 4.92 Å². The summed E-state index contributed by atoms with van der Waals surface area (Å²) < 4.78 is 12.8. The van der Waals surface area contributed by atoms with Crippen molar-refractivity contribution >= 4 is 18.1 Å².